The summed E-state index contributed by atoms with van der Waals surface area (Å²) >= 11 is 1.23. The number of alkyl halides is 4. The first kappa shape index (κ1) is 25.7. The van der Waals surface area contributed by atoms with Crippen LogP contribution in [0.1, 0.15) is 35.3 Å². The molecule has 1 saturated carbocycles. The maximum absolute atomic E-state index is 13.6. The highest BCUT2D eigenvalue weighted by molar-refractivity contribution is 8.14. The topological polar surface area (TPSA) is 105 Å². The molecule has 0 bridgehead atoms. The Balaban J connectivity index is 1.48. The van der Waals surface area contributed by atoms with Gasteiger partial charge in [-0.1, -0.05) is 11.8 Å². The predicted octanol–water partition coefficient (Wildman–Crippen LogP) is 3.53. The van der Waals surface area contributed by atoms with Gasteiger partial charge in [-0.05, 0) is 42.8 Å². The van der Waals surface area contributed by atoms with E-state index in [-0.39, 0.29) is 44.4 Å². The van der Waals surface area contributed by atoms with Crippen molar-refractivity contribution in [3.8, 4) is 23.2 Å². The zero-order chi connectivity index (χ0) is 26.8. The molecule has 5 rings (SSSR count). The molecular weight excluding hydrogens is 526 g/mol. The highest BCUT2D eigenvalue weighted by Crippen LogP contribution is 2.33. The predicted molar refractivity (Wildman–Crippen MR) is 133 cm³/mol. The standard InChI is InChI=1S/C24H21F4N7O2S/c1-37-19-11-30-18(21(25)26)9-14(19)13-8-17(16-6-7-35(34-16)23(27)28)29-10-15(13)22(36)31-24-33-32-20(38-24)5-4-12-2-3-12/h6-12,18,20-21,23,30,32H,2-3H2,1H3,(H,31,33,36). The molecule has 4 heterocycles. The van der Waals surface area contributed by atoms with E-state index >= 15 is 0 Å². The summed E-state index contributed by atoms with van der Waals surface area (Å²) in [5.41, 5.74) is 3.54. The van der Waals surface area contributed by atoms with Gasteiger partial charge in [0, 0.05) is 35.6 Å². The fraction of sp³-hybridized carbons (Fsp3) is 0.333. The maximum Gasteiger partial charge on any atom is 0.333 e. The van der Waals surface area contributed by atoms with Gasteiger partial charge in [0.1, 0.15) is 17.5 Å². The van der Waals surface area contributed by atoms with E-state index in [1.807, 2.05) is 0 Å². The number of thioether (sulfide) groups is 1. The first-order valence-corrected chi connectivity index (χ1v) is 12.4. The molecule has 0 aromatic carbocycles. The molecule has 1 amide bonds. The number of methoxy groups -OCH3 is 1. The van der Waals surface area contributed by atoms with E-state index in [0.29, 0.717) is 10.6 Å². The second-order valence-corrected chi connectivity index (χ2v) is 9.55. The Bertz CT molecular complexity index is 1390. The quantitative estimate of drug-likeness (QED) is 0.376. The Morgan fingerprint density at radius 1 is 1.26 bits per heavy atom. The van der Waals surface area contributed by atoms with Crippen LogP contribution in [0.5, 0.6) is 0 Å². The van der Waals surface area contributed by atoms with Gasteiger partial charge in [0.25, 0.3) is 12.3 Å². The summed E-state index contributed by atoms with van der Waals surface area (Å²) in [6, 6.07) is 1.41. The van der Waals surface area contributed by atoms with Crippen LogP contribution in [0.3, 0.4) is 0 Å². The molecule has 2 aromatic rings. The first-order chi connectivity index (χ1) is 18.3. The molecule has 0 radical (unpaired) electrons. The number of allylic oxidation sites excluding steroid dienone is 1. The average molecular weight is 548 g/mol. The van der Waals surface area contributed by atoms with Gasteiger partial charge in [0.2, 0.25) is 0 Å². The van der Waals surface area contributed by atoms with E-state index in [9.17, 15) is 22.4 Å². The second-order valence-electron chi connectivity index (χ2n) is 8.45. The minimum absolute atomic E-state index is 0.0296. The number of rotatable bonds is 6. The summed E-state index contributed by atoms with van der Waals surface area (Å²) < 4.78 is 59.0. The van der Waals surface area contributed by atoms with Gasteiger partial charge in [-0.15, -0.1) is 0 Å². The van der Waals surface area contributed by atoms with E-state index in [2.05, 4.69) is 43.1 Å². The lowest BCUT2D eigenvalue weighted by Crippen LogP contribution is -2.33. The van der Waals surface area contributed by atoms with Crippen LogP contribution in [0.4, 0.5) is 17.6 Å². The fourth-order valence-electron chi connectivity index (χ4n) is 3.67. The lowest BCUT2D eigenvalue weighted by Gasteiger charge is -2.24. The normalized spacial score (nSPS) is 20.6. The smallest absolute Gasteiger partial charge is 0.333 e. The molecule has 0 saturated heterocycles. The van der Waals surface area contributed by atoms with Crippen molar-refractivity contribution >= 4 is 28.4 Å². The zero-order valence-electron chi connectivity index (χ0n) is 19.8. The lowest BCUT2D eigenvalue weighted by atomic mass is 9.94. The molecule has 2 aliphatic heterocycles. The number of hydrogen-bond donors (Lipinski definition) is 3. The summed E-state index contributed by atoms with van der Waals surface area (Å²) in [7, 11) is 1.36. The Morgan fingerprint density at radius 2 is 2.08 bits per heavy atom. The molecular formula is C24H21F4N7O2S. The number of nitrogens with one attached hydrogen (secondary N) is 3. The van der Waals surface area contributed by atoms with Crippen molar-refractivity contribution in [2.75, 3.05) is 7.11 Å². The Hall–Kier alpha value is -3.99. The van der Waals surface area contributed by atoms with Gasteiger partial charge in [-0.2, -0.15) is 19.0 Å². The Kier molecular flexibility index (Phi) is 7.28. The molecule has 2 aromatic heterocycles. The Morgan fingerprint density at radius 3 is 2.76 bits per heavy atom. The monoisotopic (exact) mass is 547 g/mol. The summed E-state index contributed by atoms with van der Waals surface area (Å²) in [5.74, 6) is 6.19. The van der Waals surface area contributed by atoms with Crippen molar-refractivity contribution < 1.29 is 27.1 Å². The number of hydrazone groups is 1. The number of carbonyl (C=O) groups excluding carboxylic acids is 1. The van der Waals surface area contributed by atoms with Crippen LogP contribution in [0.15, 0.2) is 47.7 Å². The van der Waals surface area contributed by atoms with Gasteiger partial charge in [-0.3, -0.25) is 20.5 Å². The molecule has 9 nitrogen and oxygen atoms in total. The van der Waals surface area contributed by atoms with Gasteiger partial charge >= 0.3 is 6.55 Å². The summed E-state index contributed by atoms with van der Waals surface area (Å²) in [6.45, 7) is -2.86. The number of hydrogen-bond acceptors (Lipinski definition) is 8. The van der Waals surface area contributed by atoms with Crippen molar-refractivity contribution in [2.45, 2.75) is 37.2 Å². The molecule has 3 aliphatic rings. The van der Waals surface area contributed by atoms with Crippen LogP contribution >= 0.6 is 11.8 Å². The molecule has 2 unspecified atom stereocenters. The highest BCUT2D eigenvalue weighted by atomic mass is 32.2. The SMILES string of the molecule is COC1=CNC(C(F)F)C=C1c1cc(-c2ccn(C(F)F)n2)ncc1C(=O)NC1=NNC(C#CC2CC2)S1. The number of nitrogens with zero attached hydrogens (tertiary/aromatic N) is 4. The largest absolute Gasteiger partial charge is 0.495 e. The first-order valence-electron chi connectivity index (χ1n) is 11.5. The van der Waals surface area contributed by atoms with Crippen LogP contribution in [-0.4, -0.2) is 50.8 Å². The molecule has 1 fully saturated rings. The number of aromatic nitrogens is 3. The van der Waals surface area contributed by atoms with Gasteiger partial charge < -0.3 is 10.1 Å². The third kappa shape index (κ3) is 5.62. The number of dihydropyridines is 1. The third-order valence-electron chi connectivity index (χ3n) is 5.75. The molecule has 38 heavy (non-hydrogen) atoms. The third-order valence-corrected chi connectivity index (χ3v) is 6.62. The van der Waals surface area contributed by atoms with Crippen molar-refractivity contribution in [3.05, 3.63) is 53.7 Å². The second kappa shape index (κ2) is 10.8. The van der Waals surface area contributed by atoms with Crippen LogP contribution in [0.2, 0.25) is 0 Å². The molecule has 14 heteroatoms. The van der Waals surface area contributed by atoms with E-state index in [1.54, 1.807) is 0 Å². The highest BCUT2D eigenvalue weighted by Gasteiger charge is 2.29. The van der Waals surface area contributed by atoms with E-state index in [1.165, 1.54) is 49.5 Å². The van der Waals surface area contributed by atoms with Crippen LogP contribution in [0.25, 0.3) is 17.0 Å². The van der Waals surface area contributed by atoms with Crippen LogP contribution in [0, 0.1) is 17.8 Å². The lowest BCUT2D eigenvalue weighted by molar-refractivity contribution is 0.0568. The minimum Gasteiger partial charge on any atom is -0.495 e. The van der Waals surface area contributed by atoms with Crippen molar-refractivity contribution in [1.82, 2.24) is 30.8 Å². The van der Waals surface area contributed by atoms with E-state index in [4.69, 9.17) is 4.74 Å². The van der Waals surface area contributed by atoms with E-state index < -0.39 is 24.9 Å². The zero-order valence-corrected chi connectivity index (χ0v) is 20.6. The molecule has 0 spiro atoms. The molecule has 198 valence electrons. The average Bonchev–Trinajstić information content (AvgIpc) is 3.41. The fourth-order valence-corrected chi connectivity index (χ4v) is 4.38. The summed E-state index contributed by atoms with van der Waals surface area (Å²) in [4.78, 5) is 17.6. The van der Waals surface area contributed by atoms with Crippen LogP contribution in [-0.2, 0) is 4.74 Å². The number of carbonyl (C=O) groups is 1. The number of ether oxygens (including phenoxy) is 1. The molecule has 2 atom stereocenters. The van der Waals surface area contributed by atoms with Gasteiger partial charge in [0.05, 0.1) is 18.4 Å². The van der Waals surface area contributed by atoms with Crippen molar-refractivity contribution in [1.29, 1.82) is 0 Å². The van der Waals surface area contributed by atoms with E-state index in [0.717, 1.165) is 19.0 Å². The minimum atomic E-state index is -2.86. The number of halogens is 4. The Labute approximate surface area is 218 Å². The molecule has 1 aliphatic carbocycles. The number of amides is 1. The summed E-state index contributed by atoms with van der Waals surface area (Å²) in [6.07, 6.45) is 4.26. The maximum atomic E-state index is 13.6. The van der Waals surface area contributed by atoms with Gasteiger partial charge in [0.15, 0.2) is 10.5 Å². The van der Waals surface area contributed by atoms with Gasteiger partial charge in [-0.25, -0.2) is 13.5 Å². The molecule has 3 N–H and O–H groups in total. The summed E-state index contributed by atoms with van der Waals surface area (Å²) in [5, 5.41) is 13.1. The van der Waals surface area contributed by atoms with Crippen LogP contribution < -0.4 is 16.1 Å². The number of amidine groups is 1. The van der Waals surface area contributed by atoms with Crippen molar-refractivity contribution in [3.63, 3.8) is 0 Å². The van der Waals surface area contributed by atoms with Crippen molar-refractivity contribution in [2.24, 2.45) is 11.0 Å². The number of pyridine rings is 1.